The number of nitrogens with zero attached hydrogens (tertiary/aromatic N) is 3. The molecular formula is C16H18F3N5O2. The number of pyridine rings is 1. The number of aryl methyl sites for hydroxylation is 1. The first-order chi connectivity index (χ1) is 12.3. The molecule has 2 aromatic heterocycles. The van der Waals surface area contributed by atoms with Gasteiger partial charge >= 0.3 is 6.18 Å². The van der Waals surface area contributed by atoms with E-state index >= 15 is 0 Å². The molecule has 1 amide bonds. The SMILES string of the molecule is CCC(=O)Nc1cnc(NCc2ccnc(OCC(F)(F)F)c2)c(C)n1. The van der Waals surface area contributed by atoms with Crippen molar-refractivity contribution in [1.29, 1.82) is 0 Å². The number of alkyl halides is 3. The van der Waals surface area contributed by atoms with Crippen LogP contribution in [0.25, 0.3) is 0 Å². The van der Waals surface area contributed by atoms with E-state index < -0.39 is 12.8 Å². The van der Waals surface area contributed by atoms with Gasteiger partial charge < -0.3 is 15.4 Å². The Morgan fingerprint density at radius 1 is 1.31 bits per heavy atom. The zero-order chi connectivity index (χ0) is 19.2. The lowest BCUT2D eigenvalue weighted by molar-refractivity contribution is -0.154. The molecule has 0 atom stereocenters. The fraction of sp³-hybridized carbons (Fsp3) is 0.375. The normalized spacial score (nSPS) is 11.1. The van der Waals surface area contributed by atoms with Gasteiger partial charge in [-0.25, -0.2) is 15.0 Å². The fourth-order valence-corrected chi connectivity index (χ4v) is 1.93. The Labute approximate surface area is 148 Å². The Morgan fingerprint density at radius 3 is 2.73 bits per heavy atom. The Bertz CT molecular complexity index is 768. The second-order valence-electron chi connectivity index (χ2n) is 5.35. The molecule has 0 spiro atoms. The van der Waals surface area contributed by atoms with Gasteiger partial charge in [0.2, 0.25) is 11.8 Å². The standard InChI is InChI=1S/C16H18F3N5O2/c1-3-13(25)24-12-8-22-15(10(2)23-12)21-7-11-4-5-20-14(6-11)26-9-16(17,18)19/h4-6,8H,3,7,9H2,1-2H3,(H,21,22)(H,23,24,25). The molecule has 0 unspecified atom stereocenters. The molecule has 0 saturated carbocycles. The zero-order valence-corrected chi connectivity index (χ0v) is 14.2. The summed E-state index contributed by atoms with van der Waals surface area (Å²) < 4.78 is 41.2. The number of nitrogens with one attached hydrogen (secondary N) is 2. The Morgan fingerprint density at radius 2 is 2.08 bits per heavy atom. The van der Waals surface area contributed by atoms with Gasteiger partial charge in [-0.1, -0.05) is 6.92 Å². The number of rotatable bonds is 7. The van der Waals surface area contributed by atoms with Crippen molar-refractivity contribution >= 4 is 17.5 Å². The number of halogens is 3. The molecule has 0 aromatic carbocycles. The lowest BCUT2D eigenvalue weighted by Gasteiger charge is -2.11. The molecule has 7 nitrogen and oxygen atoms in total. The number of hydrogen-bond donors (Lipinski definition) is 2. The topological polar surface area (TPSA) is 89.0 Å². The van der Waals surface area contributed by atoms with E-state index in [4.69, 9.17) is 0 Å². The Balaban J connectivity index is 1.97. The molecule has 2 heterocycles. The fourth-order valence-electron chi connectivity index (χ4n) is 1.93. The molecule has 26 heavy (non-hydrogen) atoms. The predicted octanol–water partition coefficient (Wildman–Crippen LogP) is 3.08. The van der Waals surface area contributed by atoms with Gasteiger partial charge in [-0.3, -0.25) is 4.79 Å². The summed E-state index contributed by atoms with van der Waals surface area (Å²) in [5.74, 6) is 0.574. The molecule has 0 bridgehead atoms. The van der Waals surface area contributed by atoms with Gasteiger partial charge in [0, 0.05) is 25.2 Å². The van der Waals surface area contributed by atoms with E-state index in [1.54, 1.807) is 19.9 Å². The summed E-state index contributed by atoms with van der Waals surface area (Å²) in [5, 5.41) is 5.64. The highest BCUT2D eigenvalue weighted by Crippen LogP contribution is 2.18. The van der Waals surface area contributed by atoms with Crippen LogP contribution in [0.4, 0.5) is 24.8 Å². The molecule has 2 rings (SSSR count). The lowest BCUT2D eigenvalue weighted by Crippen LogP contribution is -2.19. The number of hydrogen-bond acceptors (Lipinski definition) is 6. The van der Waals surface area contributed by atoms with Crippen LogP contribution in [0.3, 0.4) is 0 Å². The first-order valence-corrected chi connectivity index (χ1v) is 7.78. The van der Waals surface area contributed by atoms with Crippen LogP contribution in [0.15, 0.2) is 24.5 Å². The van der Waals surface area contributed by atoms with Gasteiger partial charge in [0.25, 0.3) is 0 Å². The second-order valence-corrected chi connectivity index (χ2v) is 5.35. The lowest BCUT2D eigenvalue weighted by atomic mass is 10.2. The van der Waals surface area contributed by atoms with E-state index in [-0.39, 0.29) is 11.8 Å². The van der Waals surface area contributed by atoms with E-state index in [9.17, 15) is 18.0 Å². The van der Waals surface area contributed by atoms with E-state index in [2.05, 4.69) is 30.3 Å². The first-order valence-electron chi connectivity index (χ1n) is 7.78. The van der Waals surface area contributed by atoms with Gasteiger partial charge in [-0.05, 0) is 18.6 Å². The molecule has 2 aromatic rings. The van der Waals surface area contributed by atoms with Crippen LogP contribution in [-0.2, 0) is 11.3 Å². The molecule has 10 heteroatoms. The maximum Gasteiger partial charge on any atom is 0.422 e. The van der Waals surface area contributed by atoms with Crippen LogP contribution in [0, 0.1) is 6.92 Å². The number of carbonyl (C=O) groups excluding carboxylic acids is 1. The molecular weight excluding hydrogens is 351 g/mol. The number of anilines is 2. The van der Waals surface area contributed by atoms with Crippen molar-refractivity contribution in [1.82, 2.24) is 15.0 Å². The Kier molecular flexibility index (Phi) is 6.31. The minimum absolute atomic E-state index is 0.109. The van der Waals surface area contributed by atoms with Gasteiger partial charge in [0.05, 0.1) is 11.9 Å². The monoisotopic (exact) mass is 369 g/mol. The van der Waals surface area contributed by atoms with Crippen LogP contribution in [0.5, 0.6) is 5.88 Å². The smallest absolute Gasteiger partial charge is 0.422 e. The van der Waals surface area contributed by atoms with Crippen LogP contribution < -0.4 is 15.4 Å². The van der Waals surface area contributed by atoms with E-state index in [0.717, 1.165) is 0 Å². The van der Waals surface area contributed by atoms with Crippen molar-refractivity contribution in [2.45, 2.75) is 33.0 Å². The molecule has 0 radical (unpaired) electrons. The zero-order valence-electron chi connectivity index (χ0n) is 14.2. The molecule has 2 N–H and O–H groups in total. The predicted molar refractivity (Wildman–Crippen MR) is 88.8 cm³/mol. The highest BCUT2D eigenvalue weighted by molar-refractivity contribution is 5.89. The molecule has 0 aliphatic heterocycles. The second kappa shape index (κ2) is 8.45. The molecule has 0 fully saturated rings. The summed E-state index contributed by atoms with van der Waals surface area (Å²) in [7, 11) is 0. The van der Waals surface area contributed by atoms with Crippen LogP contribution >= 0.6 is 0 Å². The Hall–Kier alpha value is -2.91. The summed E-state index contributed by atoms with van der Waals surface area (Å²) in [4.78, 5) is 23.5. The summed E-state index contributed by atoms with van der Waals surface area (Å²) in [5.41, 5.74) is 1.24. The average molecular weight is 369 g/mol. The number of amides is 1. The molecule has 140 valence electrons. The quantitative estimate of drug-likeness (QED) is 0.780. The van der Waals surface area contributed by atoms with Crippen molar-refractivity contribution < 1.29 is 22.7 Å². The summed E-state index contributed by atoms with van der Waals surface area (Å²) in [6.45, 7) is 2.35. The summed E-state index contributed by atoms with van der Waals surface area (Å²) >= 11 is 0. The first kappa shape index (κ1) is 19.4. The highest BCUT2D eigenvalue weighted by atomic mass is 19.4. The van der Waals surface area contributed by atoms with Gasteiger partial charge in [-0.15, -0.1) is 0 Å². The van der Waals surface area contributed by atoms with Crippen LogP contribution in [0.1, 0.15) is 24.6 Å². The minimum atomic E-state index is -4.42. The highest BCUT2D eigenvalue weighted by Gasteiger charge is 2.28. The summed E-state index contributed by atoms with van der Waals surface area (Å²) in [6, 6.07) is 3.06. The molecule has 0 aliphatic rings. The number of carbonyl (C=O) groups is 1. The number of aromatic nitrogens is 3. The largest absolute Gasteiger partial charge is 0.468 e. The van der Waals surface area contributed by atoms with Crippen LogP contribution in [-0.4, -0.2) is 33.6 Å². The van der Waals surface area contributed by atoms with Gasteiger partial charge in [0.1, 0.15) is 5.82 Å². The third-order valence-corrected chi connectivity index (χ3v) is 3.18. The van der Waals surface area contributed by atoms with E-state index in [0.29, 0.717) is 35.9 Å². The number of ether oxygens (including phenoxy) is 1. The van der Waals surface area contributed by atoms with Crippen molar-refractivity contribution in [3.63, 3.8) is 0 Å². The van der Waals surface area contributed by atoms with Crippen LogP contribution in [0.2, 0.25) is 0 Å². The van der Waals surface area contributed by atoms with Crippen molar-refractivity contribution in [2.24, 2.45) is 0 Å². The maximum atomic E-state index is 12.2. The minimum Gasteiger partial charge on any atom is -0.468 e. The molecule has 0 aliphatic carbocycles. The maximum absolute atomic E-state index is 12.2. The van der Waals surface area contributed by atoms with E-state index in [1.165, 1.54) is 18.5 Å². The molecule has 0 saturated heterocycles. The van der Waals surface area contributed by atoms with Gasteiger partial charge in [-0.2, -0.15) is 13.2 Å². The summed E-state index contributed by atoms with van der Waals surface area (Å²) in [6.07, 6.45) is -1.29. The third kappa shape index (κ3) is 6.19. The van der Waals surface area contributed by atoms with Crippen molar-refractivity contribution in [2.75, 3.05) is 17.2 Å². The average Bonchev–Trinajstić information content (AvgIpc) is 2.59. The van der Waals surface area contributed by atoms with Crippen molar-refractivity contribution in [3.8, 4) is 5.88 Å². The van der Waals surface area contributed by atoms with Gasteiger partial charge in [0.15, 0.2) is 12.4 Å². The third-order valence-electron chi connectivity index (χ3n) is 3.18. The van der Waals surface area contributed by atoms with Crippen molar-refractivity contribution in [3.05, 3.63) is 35.8 Å². The van der Waals surface area contributed by atoms with E-state index in [1.807, 2.05) is 0 Å².